The van der Waals surface area contributed by atoms with Crippen LogP contribution >= 0.6 is 0 Å². The van der Waals surface area contributed by atoms with Gasteiger partial charge in [-0.15, -0.1) is 0 Å². The molecule has 3 heteroatoms. The second-order valence-corrected chi connectivity index (χ2v) is 4.02. The lowest BCUT2D eigenvalue weighted by Gasteiger charge is -2.24. The van der Waals surface area contributed by atoms with E-state index in [0.717, 1.165) is 0 Å². The summed E-state index contributed by atoms with van der Waals surface area (Å²) in [5, 5.41) is 0. The van der Waals surface area contributed by atoms with E-state index >= 15 is 0 Å². The fourth-order valence-corrected chi connectivity index (χ4v) is 1.60. The van der Waals surface area contributed by atoms with Crippen molar-refractivity contribution >= 4 is 11.7 Å². The van der Waals surface area contributed by atoms with Gasteiger partial charge in [-0.25, -0.2) is 4.79 Å². The summed E-state index contributed by atoms with van der Waals surface area (Å²) in [7, 11) is 0. The number of hydrogen-bond donors (Lipinski definition) is 1. The number of carbonyl (C=O) groups is 1. The predicted octanol–water partition coefficient (Wildman–Crippen LogP) is 2.23. The van der Waals surface area contributed by atoms with Crippen LogP contribution in [0.4, 0.5) is 5.69 Å². The van der Waals surface area contributed by atoms with Crippen LogP contribution in [0, 0.1) is 5.92 Å². The lowest BCUT2D eigenvalue weighted by atomic mass is 9.86. The Labute approximate surface area is 89.2 Å². The molecule has 2 N–H and O–H groups in total. The third-order valence-corrected chi connectivity index (χ3v) is 2.80. The van der Waals surface area contributed by atoms with Crippen LogP contribution in [0.15, 0.2) is 24.3 Å². The molecule has 0 heterocycles. The SMILES string of the molecule is Nc1cccc(C(=O)OCC2CCC2)c1. The number of hydrogen-bond acceptors (Lipinski definition) is 3. The standard InChI is InChI=1S/C12H15NO2/c13-11-6-2-5-10(7-11)12(14)15-8-9-3-1-4-9/h2,5-7,9H,1,3-4,8,13H2. The Balaban J connectivity index is 1.89. The van der Waals surface area contributed by atoms with E-state index in [4.69, 9.17) is 10.5 Å². The van der Waals surface area contributed by atoms with Crippen LogP contribution in [-0.4, -0.2) is 12.6 Å². The Morgan fingerprint density at radius 1 is 1.47 bits per heavy atom. The summed E-state index contributed by atoms with van der Waals surface area (Å²) in [5.74, 6) is 0.309. The first-order valence-electron chi connectivity index (χ1n) is 5.28. The molecule has 0 radical (unpaired) electrons. The highest BCUT2D eigenvalue weighted by molar-refractivity contribution is 5.90. The van der Waals surface area contributed by atoms with E-state index in [1.165, 1.54) is 19.3 Å². The molecule has 80 valence electrons. The maximum atomic E-state index is 11.6. The lowest BCUT2D eigenvalue weighted by molar-refractivity contribution is 0.0371. The van der Waals surface area contributed by atoms with Gasteiger partial charge in [0.05, 0.1) is 12.2 Å². The van der Waals surface area contributed by atoms with E-state index in [1.807, 2.05) is 0 Å². The average molecular weight is 205 g/mol. The molecule has 0 bridgehead atoms. The largest absolute Gasteiger partial charge is 0.462 e. The summed E-state index contributed by atoms with van der Waals surface area (Å²) in [6, 6.07) is 6.88. The number of esters is 1. The summed E-state index contributed by atoms with van der Waals surface area (Å²) in [4.78, 5) is 11.6. The van der Waals surface area contributed by atoms with E-state index in [0.29, 0.717) is 23.8 Å². The Hall–Kier alpha value is -1.51. The van der Waals surface area contributed by atoms with Crippen LogP contribution in [0.3, 0.4) is 0 Å². The van der Waals surface area contributed by atoms with Crippen molar-refractivity contribution in [3.63, 3.8) is 0 Å². The van der Waals surface area contributed by atoms with Crippen LogP contribution in [-0.2, 0) is 4.74 Å². The molecular weight excluding hydrogens is 190 g/mol. The van der Waals surface area contributed by atoms with Gasteiger partial charge in [-0.3, -0.25) is 0 Å². The Morgan fingerprint density at radius 3 is 2.87 bits per heavy atom. The molecule has 0 aromatic heterocycles. The number of rotatable bonds is 3. The van der Waals surface area contributed by atoms with Gasteiger partial charge in [0.1, 0.15) is 0 Å². The molecule has 1 aromatic rings. The molecule has 1 aromatic carbocycles. The van der Waals surface area contributed by atoms with Gasteiger partial charge in [0.15, 0.2) is 0 Å². The zero-order valence-electron chi connectivity index (χ0n) is 8.61. The molecule has 0 aliphatic heterocycles. The molecule has 0 saturated heterocycles. The highest BCUT2D eigenvalue weighted by Gasteiger charge is 2.19. The average Bonchev–Trinajstić information content (AvgIpc) is 2.15. The molecule has 0 amide bonds. The minimum atomic E-state index is -0.269. The summed E-state index contributed by atoms with van der Waals surface area (Å²) in [6.07, 6.45) is 3.63. The number of ether oxygens (including phenoxy) is 1. The van der Waals surface area contributed by atoms with Gasteiger partial charge in [-0.1, -0.05) is 12.5 Å². The number of anilines is 1. The van der Waals surface area contributed by atoms with Crippen molar-refractivity contribution in [2.75, 3.05) is 12.3 Å². The van der Waals surface area contributed by atoms with Gasteiger partial charge < -0.3 is 10.5 Å². The second kappa shape index (κ2) is 4.34. The Morgan fingerprint density at radius 2 is 2.27 bits per heavy atom. The molecule has 1 saturated carbocycles. The first-order valence-corrected chi connectivity index (χ1v) is 5.28. The third kappa shape index (κ3) is 2.49. The predicted molar refractivity (Wildman–Crippen MR) is 58.5 cm³/mol. The van der Waals surface area contributed by atoms with E-state index in [-0.39, 0.29) is 5.97 Å². The van der Waals surface area contributed by atoms with Gasteiger partial charge in [0.2, 0.25) is 0 Å². The number of nitrogen functional groups attached to an aromatic ring is 1. The summed E-state index contributed by atoms with van der Waals surface area (Å²) in [6.45, 7) is 0.549. The summed E-state index contributed by atoms with van der Waals surface area (Å²) in [5.41, 5.74) is 6.71. The molecule has 2 rings (SSSR count). The second-order valence-electron chi connectivity index (χ2n) is 4.02. The van der Waals surface area contributed by atoms with E-state index in [2.05, 4.69) is 0 Å². The Bertz CT molecular complexity index is 358. The maximum absolute atomic E-state index is 11.6. The molecular formula is C12H15NO2. The van der Waals surface area contributed by atoms with Gasteiger partial charge in [0, 0.05) is 5.69 Å². The third-order valence-electron chi connectivity index (χ3n) is 2.80. The topological polar surface area (TPSA) is 52.3 Å². The molecule has 1 aliphatic rings. The zero-order chi connectivity index (χ0) is 10.7. The molecule has 3 nitrogen and oxygen atoms in total. The van der Waals surface area contributed by atoms with E-state index in [1.54, 1.807) is 24.3 Å². The van der Waals surface area contributed by atoms with Crippen molar-refractivity contribution in [1.29, 1.82) is 0 Å². The summed E-state index contributed by atoms with van der Waals surface area (Å²) >= 11 is 0. The van der Waals surface area contributed by atoms with Crippen LogP contribution < -0.4 is 5.73 Å². The highest BCUT2D eigenvalue weighted by Crippen LogP contribution is 2.26. The fourth-order valence-electron chi connectivity index (χ4n) is 1.60. The van der Waals surface area contributed by atoms with Crippen molar-refractivity contribution in [3.05, 3.63) is 29.8 Å². The maximum Gasteiger partial charge on any atom is 0.338 e. The highest BCUT2D eigenvalue weighted by atomic mass is 16.5. The smallest absolute Gasteiger partial charge is 0.338 e. The Kier molecular flexibility index (Phi) is 2.90. The molecule has 0 atom stereocenters. The van der Waals surface area contributed by atoms with Gasteiger partial charge >= 0.3 is 5.97 Å². The minimum absolute atomic E-state index is 0.269. The molecule has 1 fully saturated rings. The van der Waals surface area contributed by atoms with Crippen molar-refractivity contribution in [2.24, 2.45) is 5.92 Å². The van der Waals surface area contributed by atoms with Gasteiger partial charge in [-0.05, 0) is 37.0 Å². The molecule has 15 heavy (non-hydrogen) atoms. The van der Waals surface area contributed by atoms with Crippen LogP contribution in [0.1, 0.15) is 29.6 Å². The fraction of sp³-hybridized carbons (Fsp3) is 0.417. The van der Waals surface area contributed by atoms with Crippen molar-refractivity contribution in [3.8, 4) is 0 Å². The monoisotopic (exact) mass is 205 g/mol. The van der Waals surface area contributed by atoms with E-state index < -0.39 is 0 Å². The van der Waals surface area contributed by atoms with Crippen LogP contribution in [0.5, 0.6) is 0 Å². The zero-order valence-corrected chi connectivity index (χ0v) is 8.61. The van der Waals surface area contributed by atoms with Crippen LogP contribution in [0.2, 0.25) is 0 Å². The number of benzene rings is 1. The van der Waals surface area contributed by atoms with Crippen LogP contribution in [0.25, 0.3) is 0 Å². The molecule has 1 aliphatic carbocycles. The normalized spacial score (nSPS) is 15.7. The van der Waals surface area contributed by atoms with E-state index in [9.17, 15) is 4.79 Å². The minimum Gasteiger partial charge on any atom is -0.462 e. The summed E-state index contributed by atoms with van der Waals surface area (Å²) < 4.78 is 5.19. The quantitative estimate of drug-likeness (QED) is 0.608. The van der Waals surface area contributed by atoms with Crippen molar-refractivity contribution in [2.45, 2.75) is 19.3 Å². The first kappa shape index (κ1) is 10.0. The number of carbonyl (C=O) groups excluding carboxylic acids is 1. The van der Waals surface area contributed by atoms with Gasteiger partial charge in [0.25, 0.3) is 0 Å². The molecule has 0 unspecified atom stereocenters. The lowest BCUT2D eigenvalue weighted by Crippen LogP contribution is -2.20. The van der Waals surface area contributed by atoms with Crippen molar-refractivity contribution in [1.82, 2.24) is 0 Å². The van der Waals surface area contributed by atoms with Crippen molar-refractivity contribution < 1.29 is 9.53 Å². The number of nitrogens with two attached hydrogens (primary N) is 1. The molecule has 0 spiro atoms. The first-order chi connectivity index (χ1) is 7.25. The van der Waals surface area contributed by atoms with Gasteiger partial charge in [-0.2, -0.15) is 0 Å².